The molecule has 0 heterocycles. The normalized spacial score (nSPS) is 14.8. The quantitative estimate of drug-likeness (QED) is 0.350. The minimum atomic E-state index is -0.0614. The predicted octanol–water partition coefficient (Wildman–Crippen LogP) is 0.316. The maximum atomic E-state index is 7.51. The molecule has 0 amide bonds. The molecule has 0 saturated carbocycles. The predicted molar refractivity (Wildman–Crippen MR) is 75.4 cm³/mol. The highest BCUT2D eigenvalue weighted by atomic mass is 35.5. The molecule has 96 valence electrons. The fourth-order valence-electron chi connectivity index (χ4n) is 1.98. The van der Waals surface area contributed by atoms with Crippen LogP contribution in [0.1, 0.15) is 23.1 Å². The molecule has 0 bridgehead atoms. The van der Waals surface area contributed by atoms with E-state index in [0.29, 0.717) is 0 Å². The van der Waals surface area contributed by atoms with Crippen molar-refractivity contribution in [3.8, 4) is 0 Å². The van der Waals surface area contributed by atoms with Gasteiger partial charge in [0.2, 0.25) is 5.96 Å². The van der Waals surface area contributed by atoms with E-state index in [2.05, 4.69) is 10.2 Å². The molecule has 0 spiro atoms. The van der Waals surface area contributed by atoms with E-state index in [1.807, 2.05) is 18.2 Å². The van der Waals surface area contributed by atoms with Crippen molar-refractivity contribution in [3.63, 3.8) is 0 Å². The third-order valence-electron chi connectivity index (χ3n) is 2.68. The summed E-state index contributed by atoms with van der Waals surface area (Å²) in [4.78, 5) is 0. The number of benzene rings is 1. The Hall–Kier alpha value is -2.08. The SMILES string of the molecule is Cl.N=C(N)c1cccc2c1CC/C2=N\N=C(N)N. The summed E-state index contributed by atoms with van der Waals surface area (Å²) in [6.07, 6.45) is 1.57. The third kappa shape index (κ3) is 2.60. The smallest absolute Gasteiger partial charge is 0.211 e. The van der Waals surface area contributed by atoms with E-state index >= 15 is 0 Å². The Bertz CT molecular complexity index is 530. The van der Waals surface area contributed by atoms with E-state index in [4.69, 9.17) is 22.6 Å². The lowest BCUT2D eigenvalue weighted by Crippen LogP contribution is -2.22. The van der Waals surface area contributed by atoms with Crippen LogP contribution in [0.3, 0.4) is 0 Å². The molecular weight excluding hydrogens is 252 g/mol. The van der Waals surface area contributed by atoms with Crippen molar-refractivity contribution in [1.82, 2.24) is 0 Å². The van der Waals surface area contributed by atoms with Crippen LogP contribution in [-0.2, 0) is 6.42 Å². The molecular formula is C11H15ClN6. The van der Waals surface area contributed by atoms with Crippen LogP contribution in [0.25, 0.3) is 0 Å². The van der Waals surface area contributed by atoms with Gasteiger partial charge in [-0.15, -0.1) is 17.5 Å². The molecule has 1 aliphatic carbocycles. The molecule has 0 atom stereocenters. The van der Waals surface area contributed by atoms with E-state index in [-0.39, 0.29) is 24.2 Å². The molecule has 1 aromatic carbocycles. The van der Waals surface area contributed by atoms with Gasteiger partial charge in [-0.05, 0) is 18.4 Å². The second-order valence-corrected chi connectivity index (χ2v) is 3.82. The lowest BCUT2D eigenvalue weighted by molar-refractivity contribution is 1.07. The number of guanidine groups is 1. The standard InChI is InChI=1S/C11H14N6.ClH/c12-10(13)8-3-1-2-7-6(8)4-5-9(7)16-17-11(14)15;/h1-3H,4-5H2,(H3,12,13)(H4,14,15,17);1H/b16-9+;. The summed E-state index contributed by atoms with van der Waals surface area (Å²) in [5.41, 5.74) is 19.6. The molecule has 1 aliphatic rings. The van der Waals surface area contributed by atoms with E-state index in [9.17, 15) is 0 Å². The van der Waals surface area contributed by atoms with E-state index in [1.54, 1.807) is 0 Å². The minimum absolute atomic E-state index is 0. The number of nitrogen functional groups attached to an aromatic ring is 1. The number of nitrogens with one attached hydrogen (secondary N) is 1. The van der Waals surface area contributed by atoms with Crippen molar-refractivity contribution in [3.05, 3.63) is 34.9 Å². The Balaban J connectivity index is 0.00000162. The van der Waals surface area contributed by atoms with Gasteiger partial charge >= 0.3 is 0 Å². The molecule has 0 aliphatic heterocycles. The molecule has 0 saturated heterocycles. The van der Waals surface area contributed by atoms with Crippen LogP contribution in [0.15, 0.2) is 28.4 Å². The Morgan fingerprint density at radius 2 is 1.89 bits per heavy atom. The Labute approximate surface area is 111 Å². The zero-order valence-corrected chi connectivity index (χ0v) is 10.5. The van der Waals surface area contributed by atoms with Crippen LogP contribution >= 0.6 is 12.4 Å². The molecule has 7 heteroatoms. The van der Waals surface area contributed by atoms with Gasteiger partial charge in [0.05, 0.1) is 5.71 Å². The van der Waals surface area contributed by atoms with Crippen LogP contribution in [0.2, 0.25) is 0 Å². The zero-order chi connectivity index (χ0) is 12.4. The molecule has 18 heavy (non-hydrogen) atoms. The molecule has 0 radical (unpaired) electrons. The Kier molecular flexibility index (Phi) is 4.28. The fourth-order valence-corrected chi connectivity index (χ4v) is 1.98. The third-order valence-corrected chi connectivity index (χ3v) is 2.68. The van der Waals surface area contributed by atoms with Crippen molar-refractivity contribution >= 4 is 29.9 Å². The van der Waals surface area contributed by atoms with Gasteiger partial charge in [-0.3, -0.25) is 5.41 Å². The summed E-state index contributed by atoms with van der Waals surface area (Å²) < 4.78 is 0. The number of rotatable bonds is 2. The molecule has 0 fully saturated rings. The molecule has 2 rings (SSSR count). The van der Waals surface area contributed by atoms with Gasteiger partial charge in [0, 0.05) is 11.1 Å². The van der Waals surface area contributed by atoms with Crippen LogP contribution in [-0.4, -0.2) is 17.5 Å². The zero-order valence-electron chi connectivity index (χ0n) is 9.68. The fraction of sp³-hybridized carbons (Fsp3) is 0.182. The number of fused-ring (bicyclic) bond motifs is 1. The highest BCUT2D eigenvalue weighted by Crippen LogP contribution is 2.25. The van der Waals surface area contributed by atoms with Gasteiger partial charge in [0.25, 0.3) is 0 Å². The molecule has 7 N–H and O–H groups in total. The number of nitrogens with two attached hydrogens (primary N) is 3. The summed E-state index contributed by atoms with van der Waals surface area (Å²) in [6.45, 7) is 0. The second-order valence-electron chi connectivity index (χ2n) is 3.82. The average molecular weight is 267 g/mol. The first-order chi connectivity index (χ1) is 8.09. The van der Waals surface area contributed by atoms with Gasteiger partial charge in [-0.1, -0.05) is 18.2 Å². The van der Waals surface area contributed by atoms with Crippen molar-refractivity contribution in [2.75, 3.05) is 0 Å². The molecule has 0 aromatic heterocycles. The lowest BCUT2D eigenvalue weighted by Gasteiger charge is -2.05. The second kappa shape index (κ2) is 5.50. The minimum Gasteiger partial charge on any atom is -0.384 e. The van der Waals surface area contributed by atoms with Crippen molar-refractivity contribution in [2.45, 2.75) is 12.8 Å². The molecule has 6 nitrogen and oxygen atoms in total. The average Bonchev–Trinajstić information content (AvgIpc) is 2.68. The summed E-state index contributed by atoms with van der Waals surface area (Å²) in [7, 11) is 0. The van der Waals surface area contributed by atoms with Crippen molar-refractivity contribution in [1.29, 1.82) is 5.41 Å². The summed E-state index contributed by atoms with van der Waals surface area (Å²) >= 11 is 0. The molecule has 1 aromatic rings. The van der Waals surface area contributed by atoms with Crippen molar-refractivity contribution in [2.24, 2.45) is 27.4 Å². The highest BCUT2D eigenvalue weighted by Gasteiger charge is 2.21. The highest BCUT2D eigenvalue weighted by molar-refractivity contribution is 6.08. The van der Waals surface area contributed by atoms with E-state index in [1.165, 1.54) is 0 Å². The monoisotopic (exact) mass is 266 g/mol. The summed E-state index contributed by atoms with van der Waals surface area (Å²) in [5, 5.41) is 15.2. The number of hydrogen-bond acceptors (Lipinski definition) is 3. The summed E-state index contributed by atoms with van der Waals surface area (Å²) in [6, 6.07) is 5.63. The van der Waals surface area contributed by atoms with E-state index in [0.717, 1.165) is 35.2 Å². The first kappa shape index (κ1) is 14.0. The van der Waals surface area contributed by atoms with Gasteiger partial charge in [-0.25, -0.2) is 0 Å². The van der Waals surface area contributed by atoms with Crippen LogP contribution in [0.4, 0.5) is 0 Å². The lowest BCUT2D eigenvalue weighted by atomic mass is 10.0. The number of amidine groups is 1. The number of hydrogen-bond donors (Lipinski definition) is 4. The number of halogens is 1. The van der Waals surface area contributed by atoms with Gasteiger partial charge in [-0.2, -0.15) is 5.10 Å². The van der Waals surface area contributed by atoms with Crippen LogP contribution in [0.5, 0.6) is 0 Å². The Morgan fingerprint density at radius 1 is 1.17 bits per heavy atom. The van der Waals surface area contributed by atoms with Crippen molar-refractivity contribution < 1.29 is 0 Å². The largest absolute Gasteiger partial charge is 0.384 e. The van der Waals surface area contributed by atoms with Gasteiger partial charge < -0.3 is 17.2 Å². The van der Waals surface area contributed by atoms with Crippen LogP contribution < -0.4 is 17.2 Å². The number of nitrogens with zero attached hydrogens (tertiary/aromatic N) is 2. The maximum Gasteiger partial charge on any atom is 0.211 e. The Morgan fingerprint density at radius 3 is 2.50 bits per heavy atom. The topological polar surface area (TPSA) is 127 Å². The summed E-state index contributed by atoms with van der Waals surface area (Å²) in [5.74, 6) is 0.0126. The first-order valence-corrected chi connectivity index (χ1v) is 5.21. The van der Waals surface area contributed by atoms with Gasteiger partial charge in [0.1, 0.15) is 5.84 Å². The molecule has 0 unspecified atom stereocenters. The maximum absolute atomic E-state index is 7.51. The van der Waals surface area contributed by atoms with Gasteiger partial charge in [0.15, 0.2) is 0 Å². The van der Waals surface area contributed by atoms with E-state index < -0.39 is 0 Å². The first-order valence-electron chi connectivity index (χ1n) is 5.21. The van der Waals surface area contributed by atoms with Crippen LogP contribution in [0, 0.1) is 5.41 Å².